The number of ether oxygens (including phenoxy) is 1. The topological polar surface area (TPSA) is 35.2 Å². The molecule has 1 unspecified atom stereocenters. The molecule has 0 fully saturated rings. The molecule has 0 saturated carbocycles. The molecule has 2 N–H and O–H groups in total. The van der Waals surface area contributed by atoms with Gasteiger partial charge in [0.15, 0.2) is 0 Å². The van der Waals surface area contributed by atoms with Gasteiger partial charge in [-0.05, 0) is 48.7 Å². The Morgan fingerprint density at radius 1 is 1.15 bits per heavy atom. The molecule has 0 bridgehead atoms. The van der Waals surface area contributed by atoms with Crippen molar-refractivity contribution in [2.45, 2.75) is 18.9 Å². The molecular weight excluding hydrogens is 277 g/mol. The highest BCUT2D eigenvalue weighted by atomic mass is 35.5. The van der Waals surface area contributed by atoms with Crippen LogP contribution in [-0.2, 0) is 6.42 Å². The number of hydrogen-bond donors (Lipinski definition) is 1. The number of rotatable bonds is 6. The first kappa shape index (κ1) is 14.8. The van der Waals surface area contributed by atoms with E-state index in [4.69, 9.17) is 22.1 Å². The number of halogens is 2. The Bertz CT molecular complexity index is 547. The monoisotopic (exact) mass is 293 g/mol. The van der Waals surface area contributed by atoms with Crippen LogP contribution >= 0.6 is 11.6 Å². The Balaban J connectivity index is 1.80. The van der Waals surface area contributed by atoms with Gasteiger partial charge in [-0.1, -0.05) is 29.8 Å². The van der Waals surface area contributed by atoms with E-state index in [1.807, 2.05) is 30.3 Å². The molecular formula is C16H17ClFNO. The van der Waals surface area contributed by atoms with E-state index in [1.54, 1.807) is 6.07 Å². The predicted octanol–water partition coefficient (Wildman–Crippen LogP) is 3.82. The zero-order valence-corrected chi connectivity index (χ0v) is 11.8. The van der Waals surface area contributed by atoms with Crippen molar-refractivity contribution in [3.05, 3.63) is 64.9 Å². The number of para-hydroxylation sites is 1. The lowest BCUT2D eigenvalue weighted by atomic mass is 10.0. The van der Waals surface area contributed by atoms with Gasteiger partial charge in [0.2, 0.25) is 0 Å². The molecule has 2 rings (SSSR count). The van der Waals surface area contributed by atoms with Crippen molar-refractivity contribution >= 4 is 11.6 Å². The second-order valence-corrected chi connectivity index (χ2v) is 5.09. The zero-order chi connectivity index (χ0) is 14.4. The molecule has 2 nitrogen and oxygen atoms in total. The van der Waals surface area contributed by atoms with Crippen molar-refractivity contribution in [3.63, 3.8) is 0 Å². The fourth-order valence-corrected chi connectivity index (χ4v) is 2.12. The van der Waals surface area contributed by atoms with Crippen LogP contribution < -0.4 is 10.5 Å². The van der Waals surface area contributed by atoms with E-state index < -0.39 is 0 Å². The van der Waals surface area contributed by atoms with Crippen molar-refractivity contribution in [3.8, 4) is 5.75 Å². The van der Waals surface area contributed by atoms with Crippen LogP contribution in [0.3, 0.4) is 0 Å². The van der Waals surface area contributed by atoms with Gasteiger partial charge in [0.1, 0.15) is 11.6 Å². The third-order valence-corrected chi connectivity index (χ3v) is 3.23. The summed E-state index contributed by atoms with van der Waals surface area (Å²) in [6.45, 7) is 0.507. The maximum atomic E-state index is 13.6. The Morgan fingerprint density at radius 2 is 1.90 bits per heavy atom. The van der Waals surface area contributed by atoms with Crippen LogP contribution in [0.2, 0.25) is 5.02 Å². The summed E-state index contributed by atoms with van der Waals surface area (Å²) in [6.07, 6.45) is 1.10. The summed E-state index contributed by atoms with van der Waals surface area (Å²) in [5.74, 6) is 0.544. The van der Waals surface area contributed by atoms with Gasteiger partial charge in [0, 0.05) is 11.1 Å². The molecule has 0 radical (unpaired) electrons. The van der Waals surface area contributed by atoms with Gasteiger partial charge in [-0.15, -0.1) is 0 Å². The normalized spacial score (nSPS) is 12.2. The standard InChI is InChI=1S/C16H17ClFNO/c17-13-6-7-16(18)12(10-13)11-14(19)8-9-20-15-4-2-1-3-5-15/h1-7,10,14H,8-9,11,19H2. The molecule has 0 aliphatic carbocycles. The van der Waals surface area contributed by atoms with Gasteiger partial charge in [0.25, 0.3) is 0 Å². The van der Waals surface area contributed by atoms with Crippen LogP contribution in [0.5, 0.6) is 5.75 Å². The molecule has 20 heavy (non-hydrogen) atoms. The summed E-state index contributed by atoms with van der Waals surface area (Å²) < 4.78 is 19.1. The molecule has 0 amide bonds. The first-order chi connectivity index (χ1) is 9.65. The first-order valence-corrected chi connectivity index (χ1v) is 6.90. The van der Waals surface area contributed by atoms with Crippen LogP contribution in [0.4, 0.5) is 4.39 Å². The van der Waals surface area contributed by atoms with E-state index in [0.717, 1.165) is 5.75 Å². The maximum absolute atomic E-state index is 13.6. The highest BCUT2D eigenvalue weighted by molar-refractivity contribution is 6.30. The largest absolute Gasteiger partial charge is 0.494 e. The highest BCUT2D eigenvalue weighted by Crippen LogP contribution is 2.17. The van der Waals surface area contributed by atoms with Crippen LogP contribution in [0.1, 0.15) is 12.0 Å². The lowest BCUT2D eigenvalue weighted by Crippen LogP contribution is -2.25. The molecule has 0 heterocycles. The summed E-state index contributed by atoms with van der Waals surface area (Å²) in [7, 11) is 0. The van der Waals surface area contributed by atoms with Crippen molar-refractivity contribution in [1.82, 2.24) is 0 Å². The molecule has 0 spiro atoms. The molecule has 4 heteroatoms. The Kier molecular flexibility index (Phi) is 5.39. The van der Waals surface area contributed by atoms with Crippen molar-refractivity contribution < 1.29 is 9.13 Å². The van der Waals surface area contributed by atoms with E-state index >= 15 is 0 Å². The molecule has 1 atom stereocenters. The Hall–Kier alpha value is -1.58. The zero-order valence-electron chi connectivity index (χ0n) is 11.1. The molecule has 2 aromatic rings. The minimum atomic E-state index is -0.270. The van der Waals surface area contributed by atoms with E-state index in [2.05, 4.69) is 0 Å². The summed E-state index contributed by atoms with van der Waals surface area (Å²) in [5, 5.41) is 0.522. The van der Waals surface area contributed by atoms with E-state index in [-0.39, 0.29) is 11.9 Å². The van der Waals surface area contributed by atoms with Crippen molar-refractivity contribution in [1.29, 1.82) is 0 Å². The first-order valence-electron chi connectivity index (χ1n) is 6.52. The Morgan fingerprint density at radius 3 is 2.65 bits per heavy atom. The molecule has 0 aliphatic rings. The van der Waals surface area contributed by atoms with Crippen LogP contribution in [0.15, 0.2) is 48.5 Å². The molecule has 0 aliphatic heterocycles. The second kappa shape index (κ2) is 7.27. The average Bonchev–Trinajstić information content (AvgIpc) is 2.44. The molecule has 0 saturated heterocycles. The summed E-state index contributed by atoms with van der Waals surface area (Å²) in [5.41, 5.74) is 6.55. The summed E-state index contributed by atoms with van der Waals surface area (Å²) in [4.78, 5) is 0. The van der Waals surface area contributed by atoms with Crippen molar-refractivity contribution in [2.24, 2.45) is 5.73 Å². The maximum Gasteiger partial charge on any atom is 0.126 e. The van der Waals surface area contributed by atoms with Gasteiger partial charge < -0.3 is 10.5 Å². The third-order valence-electron chi connectivity index (χ3n) is 2.99. The number of nitrogens with two attached hydrogens (primary N) is 1. The molecule has 106 valence electrons. The summed E-state index contributed by atoms with van der Waals surface area (Å²) >= 11 is 5.85. The minimum absolute atomic E-state index is 0.160. The van der Waals surface area contributed by atoms with Gasteiger partial charge in [0.05, 0.1) is 6.61 Å². The van der Waals surface area contributed by atoms with E-state index in [1.165, 1.54) is 12.1 Å². The van der Waals surface area contributed by atoms with Crippen molar-refractivity contribution in [2.75, 3.05) is 6.61 Å². The van der Waals surface area contributed by atoms with E-state index in [0.29, 0.717) is 30.0 Å². The molecule has 2 aromatic carbocycles. The van der Waals surface area contributed by atoms with Crippen LogP contribution in [0, 0.1) is 5.82 Å². The SMILES string of the molecule is NC(CCOc1ccccc1)Cc1cc(Cl)ccc1F. The third kappa shape index (κ3) is 4.51. The summed E-state index contributed by atoms with van der Waals surface area (Å²) in [6, 6.07) is 13.9. The quantitative estimate of drug-likeness (QED) is 0.879. The van der Waals surface area contributed by atoms with Gasteiger partial charge in [-0.25, -0.2) is 4.39 Å². The van der Waals surface area contributed by atoms with Gasteiger partial charge in [-0.3, -0.25) is 0 Å². The average molecular weight is 294 g/mol. The fourth-order valence-electron chi connectivity index (χ4n) is 1.93. The van der Waals surface area contributed by atoms with Crippen LogP contribution in [0.25, 0.3) is 0 Å². The fraction of sp³-hybridized carbons (Fsp3) is 0.250. The van der Waals surface area contributed by atoms with Crippen LogP contribution in [-0.4, -0.2) is 12.6 Å². The lowest BCUT2D eigenvalue weighted by molar-refractivity contribution is 0.297. The van der Waals surface area contributed by atoms with Gasteiger partial charge >= 0.3 is 0 Å². The minimum Gasteiger partial charge on any atom is -0.494 e. The smallest absolute Gasteiger partial charge is 0.126 e. The second-order valence-electron chi connectivity index (χ2n) is 4.65. The van der Waals surface area contributed by atoms with Gasteiger partial charge in [-0.2, -0.15) is 0 Å². The highest BCUT2D eigenvalue weighted by Gasteiger charge is 2.09. The number of hydrogen-bond acceptors (Lipinski definition) is 2. The van der Waals surface area contributed by atoms with E-state index in [9.17, 15) is 4.39 Å². The number of benzene rings is 2. The predicted molar refractivity (Wildman–Crippen MR) is 79.6 cm³/mol. The molecule has 0 aromatic heterocycles. The lowest BCUT2D eigenvalue weighted by Gasteiger charge is -2.13. The Labute approximate surface area is 123 Å².